The molecule has 0 unspecified atom stereocenters. The molecule has 3 rings (SSSR count). The number of piperidine rings is 1. The van der Waals surface area contributed by atoms with Gasteiger partial charge < -0.3 is 10.1 Å². The number of nitrogens with zero attached hydrogens (tertiary/aromatic N) is 1. The molecule has 2 aromatic rings. The molecule has 0 radical (unpaired) electrons. The lowest BCUT2D eigenvalue weighted by Gasteiger charge is -2.31. The van der Waals surface area contributed by atoms with Crippen molar-refractivity contribution in [3.05, 3.63) is 53.6 Å². The Morgan fingerprint density at radius 1 is 1.17 bits per heavy atom. The molecule has 2 aromatic carbocycles. The van der Waals surface area contributed by atoms with E-state index in [0.29, 0.717) is 31.7 Å². The molecule has 1 aliphatic rings. The summed E-state index contributed by atoms with van der Waals surface area (Å²) in [4.78, 5) is 13.0. The van der Waals surface area contributed by atoms with Gasteiger partial charge in [0.25, 0.3) is 0 Å². The average Bonchev–Trinajstić information content (AvgIpc) is 2.71. The molecular weight excluding hydrogens is 388 g/mol. The van der Waals surface area contributed by atoms with Gasteiger partial charge >= 0.3 is 0 Å². The molecule has 0 spiro atoms. The molecule has 1 heterocycles. The molecule has 1 N–H and O–H groups in total. The molecule has 0 saturated carbocycles. The van der Waals surface area contributed by atoms with Crippen LogP contribution in [0.4, 0.5) is 5.69 Å². The number of benzene rings is 2. The zero-order valence-electron chi connectivity index (χ0n) is 17.1. The van der Waals surface area contributed by atoms with E-state index in [-0.39, 0.29) is 23.3 Å². The lowest BCUT2D eigenvalue weighted by molar-refractivity contribution is -0.120. The number of nitrogens with one attached hydrogen (secondary N) is 1. The molecule has 6 nitrogen and oxygen atoms in total. The second kappa shape index (κ2) is 8.97. The van der Waals surface area contributed by atoms with Gasteiger partial charge in [-0.05, 0) is 75.1 Å². The highest BCUT2D eigenvalue weighted by molar-refractivity contribution is 7.89. The lowest BCUT2D eigenvalue weighted by atomic mass is 9.98. The number of hydrogen-bond acceptors (Lipinski definition) is 4. The van der Waals surface area contributed by atoms with Crippen LogP contribution in [-0.2, 0) is 14.8 Å². The lowest BCUT2D eigenvalue weighted by Crippen LogP contribution is -2.43. The van der Waals surface area contributed by atoms with E-state index in [0.717, 1.165) is 16.8 Å². The summed E-state index contributed by atoms with van der Waals surface area (Å²) in [5.74, 6) is 0.127. The highest BCUT2D eigenvalue weighted by Gasteiger charge is 2.33. The highest BCUT2D eigenvalue weighted by atomic mass is 32.2. The molecule has 1 atom stereocenters. The van der Waals surface area contributed by atoms with Crippen molar-refractivity contribution in [2.45, 2.75) is 38.5 Å². The van der Waals surface area contributed by atoms with Crippen LogP contribution in [0.15, 0.2) is 47.4 Å². The molecule has 0 bridgehead atoms. The van der Waals surface area contributed by atoms with Crippen LogP contribution in [0.25, 0.3) is 0 Å². The van der Waals surface area contributed by atoms with Gasteiger partial charge in [0.05, 0.1) is 17.4 Å². The van der Waals surface area contributed by atoms with Crippen molar-refractivity contribution in [1.29, 1.82) is 0 Å². The fraction of sp³-hybridized carbons (Fsp3) is 0.409. The van der Waals surface area contributed by atoms with Crippen LogP contribution < -0.4 is 10.1 Å². The van der Waals surface area contributed by atoms with Crippen LogP contribution in [0.1, 0.15) is 30.9 Å². The van der Waals surface area contributed by atoms with Crippen molar-refractivity contribution in [2.24, 2.45) is 5.92 Å². The summed E-state index contributed by atoms with van der Waals surface area (Å²) in [5, 5.41) is 2.98. The first-order chi connectivity index (χ1) is 13.8. The summed E-state index contributed by atoms with van der Waals surface area (Å²) in [5.41, 5.74) is 2.83. The van der Waals surface area contributed by atoms with Gasteiger partial charge in [-0.15, -0.1) is 0 Å². The summed E-state index contributed by atoms with van der Waals surface area (Å²) in [6, 6.07) is 12.3. The Balaban J connectivity index is 1.72. The Morgan fingerprint density at radius 2 is 1.90 bits per heavy atom. The number of carbonyl (C=O) groups is 1. The Bertz CT molecular complexity index is 971. The normalized spacial score (nSPS) is 17.7. The molecular formula is C22H28N2O4S. The third-order valence-corrected chi connectivity index (χ3v) is 7.06. The van der Waals surface area contributed by atoms with Gasteiger partial charge in [-0.25, -0.2) is 8.42 Å². The molecule has 1 aliphatic heterocycles. The van der Waals surface area contributed by atoms with E-state index in [9.17, 15) is 13.2 Å². The van der Waals surface area contributed by atoms with Gasteiger partial charge in [0.2, 0.25) is 15.9 Å². The van der Waals surface area contributed by atoms with Gasteiger partial charge in [0.15, 0.2) is 0 Å². The number of hydrogen-bond donors (Lipinski definition) is 1. The van der Waals surface area contributed by atoms with E-state index in [1.165, 1.54) is 4.31 Å². The largest absolute Gasteiger partial charge is 0.494 e. The second-order valence-corrected chi connectivity index (χ2v) is 9.35. The van der Waals surface area contributed by atoms with E-state index >= 15 is 0 Å². The Labute approximate surface area is 172 Å². The van der Waals surface area contributed by atoms with Crippen LogP contribution >= 0.6 is 0 Å². The fourth-order valence-corrected chi connectivity index (χ4v) is 5.03. The average molecular weight is 417 g/mol. The van der Waals surface area contributed by atoms with Crippen molar-refractivity contribution in [2.75, 3.05) is 25.0 Å². The zero-order valence-corrected chi connectivity index (χ0v) is 18.0. The number of sulfonamides is 1. The first kappa shape index (κ1) is 21.3. The second-order valence-electron chi connectivity index (χ2n) is 7.41. The predicted octanol–water partition coefficient (Wildman–Crippen LogP) is 3.74. The minimum absolute atomic E-state index is 0.134. The molecule has 1 amide bonds. The van der Waals surface area contributed by atoms with Crippen LogP contribution in [-0.4, -0.2) is 38.3 Å². The van der Waals surface area contributed by atoms with Crippen LogP contribution in [0.3, 0.4) is 0 Å². The molecule has 0 aromatic heterocycles. The monoisotopic (exact) mass is 416 g/mol. The molecule has 1 fully saturated rings. The van der Waals surface area contributed by atoms with E-state index in [4.69, 9.17) is 4.74 Å². The van der Waals surface area contributed by atoms with E-state index < -0.39 is 10.0 Å². The first-order valence-corrected chi connectivity index (χ1v) is 11.4. The number of rotatable bonds is 6. The third kappa shape index (κ3) is 4.97. The SMILES string of the molecule is CCOc1ccc(S(=O)(=O)N2CCC[C@@H](C(=O)Nc3cc(C)ccc3C)C2)cc1. The predicted molar refractivity (Wildman–Crippen MR) is 114 cm³/mol. The number of ether oxygens (including phenoxy) is 1. The minimum Gasteiger partial charge on any atom is -0.494 e. The van der Waals surface area contributed by atoms with E-state index in [2.05, 4.69) is 5.32 Å². The number of carbonyl (C=O) groups excluding carboxylic acids is 1. The van der Waals surface area contributed by atoms with Gasteiger partial charge in [-0.1, -0.05) is 12.1 Å². The van der Waals surface area contributed by atoms with Crippen LogP contribution in [0.2, 0.25) is 0 Å². The standard InChI is InChI=1S/C22H28N2O4S/c1-4-28-19-9-11-20(12-10-19)29(26,27)24-13-5-6-18(15-24)22(25)23-21-14-16(2)7-8-17(21)3/h7-12,14,18H,4-6,13,15H2,1-3H3,(H,23,25)/t18-/m1/s1. The summed E-state index contributed by atoms with van der Waals surface area (Å²) in [6.07, 6.45) is 1.33. The topological polar surface area (TPSA) is 75.7 Å². The molecule has 1 saturated heterocycles. The third-order valence-electron chi connectivity index (χ3n) is 5.18. The Morgan fingerprint density at radius 3 is 2.59 bits per heavy atom. The summed E-state index contributed by atoms with van der Waals surface area (Å²) >= 11 is 0. The maximum absolute atomic E-state index is 13.0. The first-order valence-electron chi connectivity index (χ1n) is 9.92. The summed E-state index contributed by atoms with van der Waals surface area (Å²) in [7, 11) is -3.65. The number of aryl methyl sites for hydroxylation is 2. The van der Waals surface area contributed by atoms with Crippen molar-refractivity contribution < 1.29 is 17.9 Å². The van der Waals surface area contributed by atoms with Crippen molar-refractivity contribution in [3.63, 3.8) is 0 Å². The minimum atomic E-state index is -3.65. The zero-order chi connectivity index (χ0) is 21.0. The quantitative estimate of drug-likeness (QED) is 0.778. The molecule has 29 heavy (non-hydrogen) atoms. The van der Waals surface area contributed by atoms with Crippen molar-refractivity contribution >= 4 is 21.6 Å². The number of amides is 1. The fourth-order valence-electron chi connectivity index (χ4n) is 3.50. The Kier molecular flexibility index (Phi) is 6.59. The molecule has 0 aliphatic carbocycles. The van der Waals surface area contributed by atoms with Crippen LogP contribution in [0.5, 0.6) is 5.75 Å². The van der Waals surface area contributed by atoms with Gasteiger partial charge in [-0.3, -0.25) is 4.79 Å². The highest BCUT2D eigenvalue weighted by Crippen LogP contribution is 2.26. The van der Waals surface area contributed by atoms with Gasteiger partial charge in [-0.2, -0.15) is 4.31 Å². The maximum Gasteiger partial charge on any atom is 0.243 e. The Hall–Kier alpha value is -2.38. The summed E-state index contributed by atoms with van der Waals surface area (Å²) < 4.78 is 32.9. The van der Waals surface area contributed by atoms with E-state index in [1.807, 2.05) is 39.0 Å². The molecule has 7 heteroatoms. The van der Waals surface area contributed by atoms with Crippen molar-refractivity contribution in [3.8, 4) is 5.75 Å². The number of anilines is 1. The summed E-state index contributed by atoms with van der Waals surface area (Å²) in [6.45, 7) is 6.92. The van der Waals surface area contributed by atoms with Crippen molar-refractivity contribution in [1.82, 2.24) is 4.31 Å². The van der Waals surface area contributed by atoms with Crippen LogP contribution in [0, 0.1) is 19.8 Å². The van der Waals surface area contributed by atoms with Gasteiger partial charge in [0, 0.05) is 18.8 Å². The maximum atomic E-state index is 13.0. The van der Waals surface area contributed by atoms with E-state index in [1.54, 1.807) is 24.3 Å². The smallest absolute Gasteiger partial charge is 0.243 e. The molecule has 156 valence electrons. The van der Waals surface area contributed by atoms with Gasteiger partial charge in [0.1, 0.15) is 5.75 Å².